The standard InChI is InChI=1S/C25H34O8S/c1-17-8-10-18(11-9-17)34(26,27)33-21-20(19-16-28-24(30-19)12-4-2-5-13-24)29-23-22(21)31-25(32-23)14-6-3-7-15-25/h8-11,19-23H,2-7,12-16H2,1H3/t19-,20-,21+,22-,23-/m0/s1. The first-order valence-electron chi connectivity index (χ1n) is 12.7. The molecule has 9 heteroatoms. The summed E-state index contributed by atoms with van der Waals surface area (Å²) in [4.78, 5) is 0.110. The molecule has 188 valence electrons. The first-order chi connectivity index (χ1) is 16.4. The molecule has 3 saturated heterocycles. The minimum atomic E-state index is -4.05. The number of aryl methyl sites for hydroxylation is 1. The van der Waals surface area contributed by atoms with Crippen molar-refractivity contribution in [2.45, 2.75) is 118 Å². The number of benzene rings is 1. The molecule has 2 aliphatic carbocycles. The fraction of sp³-hybridized carbons (Fsp3) is 0.760. The van der Waals surface area contributed by atoms with E-state index in [1.165, 1.54) is 6.42 Å². The second-order valence-electron chi connectivity index (χ2n) is 10.4. The van der Waals surface area contributed by atoms with Gasteiger partial charge >= 0.3 is 0 Å². The zero-order valence-electron chi connectivity index (χ0n) is 19.6. The van der Waals surface area contributed by atoms with E-state index in [0.29, 0.717) is 6.61 Å². The quantitative estimate of drug-likeness (QED) is 0.582. The van der Waals surface area contributed by atoms with E-state index in [2.05, 4.69) is 0 Å². The van der Waals surface area contributed by atoms with Crippen LogP contribution in [0.3, 0.4) is 0 Å². The van der Waals surface area contributed by atoms with Gasteiger partial charge in [-0.1, -0.05) is 30.5 Å². The number of hydrogen-bond acceptors (Lipinski definition) is 8. The summed E-state index contributed by atoms with van der Waals surface area (Å²) in [6.07, 6.45) is 6.35. The van der Waals surface area contributed by atoms with Crippen molar-refractivity contribution >= 4 is 10.1 Å². The molecule has 5 aliphatic rings. The summed E-state index contributed by atoms with van der Waals surface area (Å²) in [5, 5.41) is 0. The summed E-state index contributed by atoms with van der Waals surface area (Å²) < 4.78 is 64.0. The maximum absolute atomic E-state index is 13.3. The van der Waals surface area contributed by atoms with Crippen molar-refractivity contribution in [3.05, 3.63) is 29.8 Å². The Hall–Kier alpha value is -1.07. The summed E-state index contributed by atoms with van der Waals surface area (Å²) in [5.74, 6) is -1.32. The molecule has 2 spiro atoms. The van der Waals surface area contributed by atoms with Crippen molar-refractivity contribution < 1.29 is 36.3 Å². The van der Waals surface area contributed by atoms with Gasteiger partial charge in [0, 0.05) is 25.7 Å². The van der Waals surface area contributed by atoms with E-state index in [1.807, 2.05) is 6.92 Å². The van der Waals surface area contributed by atoms with Crippen molar-refractivity contribution in [2.75, 3.05) is 6.61 Å². The molecule has 0 radical (unpaired) electrons. The summed E-state index contributed by atoms with van der Waals surface area (Å²) in [7, 11) is -4.05. The smallest absolute Gasteiger partial charge is 0.297 e. The molecule has 0 amide bonds. The lowest BCUT2D eigenvalue weighted by molar-refractivity contribution is -0.258. The number of hydrogen-bond donors (Lipinski definition) is 0. The van der Waals surface area contributed by atoms with E-state index in [1.54, 1.807) is 24.3 Å². The van der Waals surface area contributed by atoms with E-state index in [-0.39, 0.29) is 4.90 Å². The molecular weight excluding hydrogens is 460 g/mol. The van der Waals surface area contributed by atoms with E-state index in [4.69, 9.17) is 27.9 Å². The molecule has 1 aromatic carbocycles. The van der Waals surface area contributed by atoms with E-state index < -0.39 is 52.4 Å². The van der Waals surface area contributed by atoms with Gasteiger partial charge in [-0.2, -0.15) is 8.42 Å². The molecule has 0 bridgehead atoms. The molecule has 0 N–H and O–H groups in total. The normalized spacial score (nSPS) is 36.8. The fourth-order valence-corrected chi connectivity index (χ4v) is 7.18. The lowest BCUT2D eigenvalue weighted by Crippen LogP contribution is -2.46. The molecule has 0 aromatic heterocycles. The largest absolute Gasteiger partial charge is 0.347 e. The Morgan fingerprint density at radius 1 is 0.824 bits per heavy atom. The van der Waals surface area contributed by atoms with E-state index >= 15 is 0 Å². The third kappa shape index (κ3) is 4.23. The van der Waals surface area contributed by atoms with Crippen LogP contribution in [0.15, 0.2) is 29.2 Å². The topological polar surface area (TPSA) is 89.5 Å². The van der Waals surface area contributed by atoms with Gasteiger partial charge < -0.3 is 23.7 Å². The van der Waals surface area contributed by atoms with Crippen LogP contribution in [0.2, 0.25) is 0 Å². The minimum Gasteiger partial charge on any atom is -0.347 e. The van der Waals surface area contributed by atoms with Gasteiger partial charge in [-0.15, -0.1) is 0 Å². The van der Waals surface area contributed by atoms with Crippen LogP contribution >= 0.6 is 0 Å². The molecule has 3 aliphatic heterocycles. The van der Waals surface area contributed by atoms with Crippen LogP contribution in [0.25, 0.3) is 0 Å². The monoisotopic (exact) mass is 494 g/mol. The highest BCUT2D eigenvalue weighted by Gasteiger charge is 2.62. The predicted molar refractivity (Wildman–Crippen MR) is 120 cm³/mol. The molecule has 34 heavy (non-hydrogen) atoms. The van der Waals surface area contributed by atoms with Crippen LogP contribution in [0.4, 0.5) is 0 Å². The molecule has 6 rings (SSSR count). The van der Waals surface area contributed by atoms with Gasteiger partial charge in [-0.25, -0.2) is 0 Å². The highest BCUT2D eigenvalue weighted by Crippen LogP contribution is 2.48. The van der Waals surface area contributed by atoms with E-state index in [0.717, 1.165) is 63.4 Å². The second kappa shape index (κ2) is 8.80. The van der Waals surface area contributed by atoms with Crippen LogP contribution < -0.4 is 0 Å². The van der Waals surface area contributed by atoms with Crippen molar-refractivity contribution in [3.63, 3.8) is 0 Å². The van der Waals surface area contributed by atoms with Gasteiger partial charge in [0.15, 0.2) is 17.9 Å². The molecule has 8 nitrogen and oxygen atoms in total. The predicted octanol–water partition coefficient (Wildman–Crippen LogP) is 3.95. The molecule has 0 unspecified atom stereocenters. The SMILES string of the molecule is Cc1ccc(S(=O)(=O)O[C@H]2[C@@H]3OC4(CCCCC4)O[C@@H]3O[C@H]2[C@@H]2COC3(CCCCC3)O2)cc1. The van der Waals surface area contributed by atoms with Crippen LogP contribution in [0.5, 0.6) is 0 Å². The number of fused-ring (bicyclic) bond motifs is 1. The molecule has 5 fully saturated rings. The van der Waals surface area contributed by atoms with Crippen molar-refractivity contribution in [3.8, 4) is 0 Å². The molecule has 1 aromatic rings. The van der Waals surface area contributed by atoms with Crippen molar-refractivity contribution in [1.29, 1.82) is 0 Å². The summed E-state index contributed by atoms with van der Waals surface area (Å²) in [5.41, 5.74) is 0.974. The fourth-order valence-electron chi connectivity index (χ4n) is 6.09. The Balaban J connectivity index is 1.26. The van der Waals surface area contributed by atoms with Gasteiger partial charge in [0.1, 0.15) is 24.4 Å². The van der Waals surface area contributed by atoms with Crippen LogP contribution in [0.1, 0.15) is 69.8 Å². The summed E-state index contributed by atoms with van der Waals surface area (Å²) >= 11 is 0. The maximum atomic E-state index is 13.3. The van der Waals surface area contributed by atoms with Gasteiger partial charge in [0.05, 0.1) is 11.5 Å². The number of ether oxygens (including phenoxy) is 5. The lowest BCUT2D eigenvalue weighted by Gasteiger charge is -2.35. The maximum Gasteiger partial charge on any atom is 0.297 e. The van der Waals surface area contributed by atoms with Crippen molar-refractivity contribution in [1.82, 2.24) is 0 Å². The molecule has 2 saturated carbocycles. The third-order valence-corrected chi connectivity index (χ3v) is 9.24. The molecule has 5 atom stereocenters. The van der Waals surface area contributed by atoms with Crippen LogP contribution in [0, 0.1) is 6.92 Å². The highest BCUT2D eigenvalue weighted by atomic mass is 32.2. The highest BCUT2D eigenvalue weighted by molar-refractivity contribution is 7.86. The van der Waals surface area contributed by atoms with Gasteiger partial charge in [0.2, 0.25) is 0 Å². The summed E-state index contributed by atoms with van der Waals surface area (Å²) in [6, 6.07) is 6.64. The van der Waals surface area contributed by atoms with Crippen LogP contribution in [-0.2, 0) is 38.0 Å². The average molecular weight is 495 g/mol. The van der Waals surface area contributed by atoms with Gasteiger partial charge in [0.25, 0.3) is 10.1 Å². The zero-order chi connectivity index (χ0) is 23.4. The van der Waals surface area contributed by atoms with E-state index in [9.17, 15) is 8.42 Å². The Morgan fingerprint density at radius 3 is 2.15 bits per heavy atom. The lowest BCUT2D eigenvalue weighted by atomic mass is 9.94. The Morgan fingerprint density at radius 2 is 1.47 bits per heavy atom. The zero-order valence-corrected chi connectivity index (χ0v) is 20.5. The first-order valence-corrected chi connectivity index (χ1v) is 14.1. The number of rotatable bonds is 4. The first kappa shape index (κ1) is 23.3. The Kier molecular flexibility index (Phi) is 6.04. The molecular formula is C25H34O8S. The summed E-state index contributed by atoms with van der Waals surface area (Å²) in [6.45, 7) is 2.24. The second-order valence-corrected chi connectivity index (χ2v) is 12.0. The third-order valence-electron chi connectivity index (χ3n) is 7.91. The Labute approximate surface area is 201 Å². The average Bonchev–Trinajstić information content (AvgIpc) is 3.47. The van der Waals surface area contributed by atoms with Crippen LogP contribution in [-0.4, -0.2) is 57.3 Å². The minimum absolute atomic E-state index is 0.110. The van der Waals surface area contributed by atoms with Gasteiger partial charge in [-0.3, -0.25) is 4.18 Å². The Bertz CT molecular complexity index is 981. The van der Waals surface area contributed by atoms with Crippen molar-refractivity contribution in [2.24, 2.45) is 0 Å². The molecule has 3 heterocycles. The van der Waals surface area contributed by atoms with Gasteiger partial charge in [-0.05, 0) is 44.7 Å².